The van der Waals surface area contributed by atoms with Gasteiger partial charge >= 0.3 is 29.3 Å². The average Bonchev–Trinajstić information content (AvgIpc) is 2.14. The fraction of sp³-hybridized carbons (Fsp3) is 1.00. The third-order valence-electron chi connectivity index (χ3n) is 3.37. The summed E-state index contributed by atoms with van der Waals surface area (Å²) in [5.74, 6) is 0. The second-order valence-corrected chi connectivity index (χ2v) is 15.5. The second-order valence-electron chi connectivity index (χ2n) is 6.31. The summed E-state index contributed by atoms with van der Waals surface area (Å²) in [5.41, 5.74) is 3.00. The predicted molar refractivity (Wildman–Crippen MR) is 80.9 cm³/mol. The molecule has 0 aliphatic carbocycles. The molecule has 7 heteroatoms. The predicted octanol–water partition coefficient (Wildman–Crippen LogP) is 2.86. The van der Waals surface area contributed by atoms with Crippen molar-refractivity contribution >= 4 is 18.1 Å². The van der Waals surface area contributed by atoms with Crippen molar-refractivity contribution in [3.8, 4) is 0 Å². The summed E-state index contributed by atoms with van der Waals surface area (Å²) in [7, 11) is -1.85. The van der Waals surface area contributed by atoms with Crippen LogP contribution in [0.25, 0.3) is 0 Å². The average molecular weight is 344 g/mol. The Labute approximate surface area is 129 Å². The first-order chi connectivity index (χ1) is 8.48. The van der Waals surface area contributed by atoms with Gasteiger partial charge in [0.05, 0.1) is 0 Å². The van der Waals surface area contributed by atoms with Gasteiger partial charge in [0, 0.05) is 0 Å². The molecule has 0 aromatic heterocycles. The summed E-state index contributed by atoms with van der Waals surface area (Å²) in [5, 5.41) is 0. The molecule has 0 bridgehead atoms. The van der Waals surface area contributed by atoms with Gasteiger partial charge in [-0.3, -0.25) is 0 Å². The Kier molecular flexibility index (Phi) is 12.3. The van der Waals surface area contributed by atoms with Crippen LogP contribution in [-0.2, 0) is 26.1 Å². The van der Waals surface area contributed by atoms with E-state index in [2.05, 4.69) is 55.4 Å². The molecule has 0 spiro atoms. The maximum atomic E-state index is 8.81. The van der Waals surface area contributed by atoms with Gasteiger partial charge in [-0.1, -0.05) is 55.4 Å². The van der Waals surface area contributed by atoms with Crippen LogP contribution in [0, 0.1) is 0 Å². The Morgan fingerprint density at radius 1 is 0.895 bits per heavy atom. The zero-order valence-corrected chi connectivity index (χ0v) is 17.7. The Morgan fingerprint density at radius 2 is 1.16 bits per heavy atom. The van der Waals surface area contributed by atoms with E-state index in [4.69, 9.17) is 14.8 Å². The van der Waals surface area contributed by atoms with Crippen molar-refractivity contribution in [2.24, 2.45) is 0 Å². The molecule has 0 aliphatic rings. The van der Waals surface area contributed by atoms with Crippen molar-refractivity contribution in [1.29, 1.82) is 0 Å². The second kappa shape index (κ2) is 10.5. The van der Waals surface area contributed by atoms with E-state index in [1.807, 2.05) is 0 Å². The summed E-state index contributed by atoms with van der Waals surface area (Å²) in [4.78, 5) is 0. The molecule has 2 N–H and O–H groups in total. The molecular weight excluding hydrogens is 312 g/mol. The molecule has 0 aliphatic heterocycles. The molecule has 0 aromatic rings. The third kappa shape index (κ3) is 8.65. The molecule has 0 fully saturated rings. The molecule has 4 nitrogen and oxygen atoms in total. The van der Waals surface area contributed by atoms with Crippen molar-refractivity contribution in [1.82, 2.24) is 0 Å². The van der Waals surface area contributed by atoms with Gasteiger partial charge < -0.3 is 4.12 Å². The zero-order chi connectivity index (χ0) is 15.8. The van der Waals surface area contributed by atoms with E-state index < -0.39 is 26.9 Å². The summed E-state index contributed by atoms with van der Waals surface area (Å²) in [6.45, 7) is 18.8. The fourth-order valence-corrected chi connectivity index (χ4v) is 13.3. The van der Waals surface area contributed by atoms with E-state index in [0.717, 1.165) is 22.2 Å². The molecule has 0 rings (SSSR count). The minimum absolute atomic E-state index is 0.325. The normalized spacial score (nSPS) is 12.7. The maximum absolute atomic E-state index is 8.81. The fourth-order valence-electron chi connectivity index (χ4n) is 2.81. The number of rotatable bonds is 6. The molecule has 0 amide bonds. The van der Waals surface area contributed by atoms with Crippen LogP contribution in [0.5, 0.6) is 0 Å². The molecule has 19 heavy (non-hydrogen) atoms. The Bertz CT molecular complexity index is 232. The van der Waals surface area contributed by atoms with E-state index in [-0.39, 0.29) is 9.76 Å². The topological polar surface area (TPSA) is 66.8 Å². The molecule has 0 aromatic carbocycles. The van der Waals surface area contributed by atoms with Crippen molar-refractivity contribution in [2.45, 2.75) is 77.6 Å². The van der Waals surface area contributed by atoms with E-state index >= 15 is 0 Å². The van der Waals surface area contributed by atoms with Gasteiger partial charge in [0.25, 0.3) is 0 Å². The van der Waals surface area contributed by atoms with Gasteiger partial charge in [-0.25, -0.2) is 0 Å². The van der Waals surface area contributed by atoms with Crippen molar-refractivity contribution < 1.29 is 33.4 Å². The van der Waals surface area contributed by atoms with Crippen LogP contribution in [0.15, 0.2) is 0 Å². The summed E-state index contributed by atoms with van der Waals surface area (Å²) < 4.78 is 29.8. The summed E-state index contributed by atoms with van der Waals surface area (Å²) in [6, 6.07) is 0. The van der Waals surface area contributed by atoms with Crippen molar-refractivity contribution in [2.75, 3.05) is 0 Å². The standard InChI is InChI=1S/C12H30OSi2.2H2O.O.Ti/c1-9(2)14-13-15(10(3)4,11(5)6)12(7)8;;;;/h9-12H,14H2,1-8H3;2*1H2;;/q;;;;+2/p-2. The number of hydrogen-bond donors (Lipinski definition) is 2. The third-order valence-corrected chi connectivity index (χ3v) is 12.1. The van der Waals surface area contributed by atoms with Gasteiger partial charge in [-0.2, -0.15) is 0 Å². The Hall–Kier alpha value is 0.828. The van der Waals surface area contributed by atoms with E-state index in [1.54, 1.807) is 0 Å². The summed E-state index contributed by atoms with van der Waals surface area (Å²) in [6.07, 6.45) is 0. The van der Waals surface area contributed by atoms with Gasteiger partial charge in [0.2, 0.25) is 0 Å². The summed E-state index contributed by atoms with van der Waals surface area (Å²) >= 11 is -3.58. The van der Waals surface area contributed by atoms with Crippen LogP contribution >= 0.6 is 0 Å². The van der Waals surface area contributed by atoms with Crippen LogP contribution in [0.4, 0.5) is 0 Å². The van der Waals surface area contributed by atoms with Crippen LogP contribution in [0.3, 0.4) is 0 Å². The molecule has 0 radical (unpaired) electrons. The van der Waals surface area contributed by atoms with E-state index in [1.165, 1.54) is 0 Å². The monoisotopic (exact) mass is 344 g/mol. The van der Waals surface area contributed by atoms with Gasteiger partial charge in [0.1, 0.15) is 9.76 Å². The van der Waals surface area contributed by atoms with Crippen molar-refractivity contribution in [3.63, 3.8) is 0 Å². The zero-order valence-electron chi connectivity index (χ0n) is 13.7. The SMILES string of the molecule is CC(C)[SiH2]O[Si](C(C)C)(C(C)C)C(C)C.[O]=[Ti]([OH])[OH]. The van der Waals surface area contributed by atoms with E-state index in [9.17, 15) is 0 Å². The van der Waals surface area contributed by atoms with Gasteiger partial charge in [-0.15, -0.1) is 0 Å². The molecule has 0 heterocycles. The number of hydrogen-bond acceptors (Lipinski definition) is 2. The van der Waals surface area contributed by atoms with Gasteiger partial charge in [-0.05, 0) is 22.2 Å². The Morgan fingerprint density at radius 3 is 1.32 bits per heavy atom. The first kappa shape index (κ1) is 22.1. The molecule has 0 saturated heterocycles. The Balaban J connectivity index is 0. The quantitative estimate of drug-likeness (QED) is 0.727. The van der Waals surface area contributed by atoms with Gasteiger partial charge in [0.15, 0.2) is 8.32 Å². The molecule has 0 atom stereocenters. The first-order valence-corrected chi connectivity index (χ1v) is 12.6. The molecule has 116 valence electrons. The van der Waals surface area contributed by atoms with Crippen molar-refractivity contribution in [3.05, 3.63) is 0 Å². The molecular formula is C12H32O4Si2Ti. The van der Waals surface area contributed by atoms with Crippen LogP contribution in [0.1, 0.15) is 55.4 Å². The van der Waals surface area contributed by atoms with E-state index in [0.29, 0.717) is 0 Å². The molecule has 0 saturated carbocycles. The first-order valence-electron chi connectivity index (χ1n) is 7.04. The van der Waals surface area contributed by atoms with Crippen LogP contribution < -0.4 is 0 Å². The van der Waals surface area contributed by atoms with Crippen LogP contribution in [-0.4, -0.2) is 25.5 Å². The van der Waals surface area contributed by atoms with Crippen LogP contribution in [0.2, 0.25) is 22.2 Å². The molecule has 0 unspecified atom stereocenters. The minimum atomic E-state index is -3.58.